The Kier molecular flexibility index (Phi) is 7.69. The van der Waals surface area contributed by atoms with Gasteiger partial charge in [-0.3, -0.25) is 0 Å². The number of rotatable bonds is 6. The average molecular weight is 200 g/mol. The van der Waals surface area contributed by atoms with E-state index in [0.717, 1.165) is 37.6 Å². The van der Waals surface area contributed by atoms with Gasteiger partial charge in [-0.05, 0) is 25.1 Å². The number of hydrogen-bond donors (Lipinski definition) is 1. The van der Waals surface area contributed by atoms with Crippen molar-refractivity contribution >= 4 is 17.3 Å². The molecule has 1 N–H and O–H groups in total. The minimum absolute atomic E-state index is 0.753. The summed E-state index contributed by atoms with van der Waals surface area (Å²) in [4.78, 5) is 2.21. The molecule has 0 aliphatic rings. The van der Waals surface area contributed by atoms with Gasteiger partial charge >= 0.3 is 0 Å². The summed E-state index contributed by atoms with van der Waals surface area (Å²) < 4.78 is 0. The standard InChI is InChI=1S/C10H20N2S/c1-4-7-11-10(13)12(8-5-2)9-6-3/h4H,1,5-9H2,2-3H3,(H,11,13). The van der Waals surface area contributed by atoms with Crippen molar-refractivity contribution in [1.29, 1.82) is 0 Å². The van der Waals surface area contributed by atoms with Crippen LogP contribution in [0, 0.1) is 0 Å². The Hall–Kier alpha value is -0.570. The van der Waals surface area contributed by atoms with E-state index in [2.05, 4.69) is 30.6 Å². The van der Waals surface area contributed by atoms with Crippen molar-refractivity contribution < 1.29 is 0 Å². The van der Waals surface area contributed by atoms with Crippen molar-refractivity contribution in [3.63, 3.8) is 0 Å². The van der Waals surface area contributed by atoms with Crippen molar-refractivity contribution in [2.24, 2.45) is 0 Å². The number of nitrogens with zero attached hydrogens (tertiary/aromatic N) is 1. The zero-order valence-electron chi connectivity index (χ0n) is 8.68. The summed E-state index contributed by atoms with van der Waals surface area (Å²) in [6.07, 6.45) is 4.09. The molecule has 0 bridgehead atoms. The molecule has 0 radical (unpaired) electrons. The molecule has 0 aliphatic carbocycles. The first-order valence-corrected chi connectivity index (χ1v) is 5.30. The van der Waals surface area contributed by atoms with Gasteiger partial charge in [0.05, 0.1) is 0 Å². The first-order valence-electron chi connectivity index (χ1n) is 4.89. The second-order valence-electron chi connectivity index (χ2n) is 2.96. The largest absolute Gasteiger partial charge is 0.359 e. The molecular weight excluding hydrogens is 180 g/mol. The van der Waals surface area contributed by atoms with Gasteiger partial charge in [-0.1, -0.05) is 19.9 Å². The maximum Gasteiger partial charge on any atom is 0.169 e. The Bertz CT molecular complexity index is 151. The molecule has 0 atom stereocenters. The molecule has 0 amide bonds. The van der Waals surface area contributed by atoms with E-state index in [4.69, 9.17) is 12.2 Å². The molecule has 0 fully saturated rings. The van der Waals surface area contributed by atoms with Crippen LogP contribution in [-0.2, 0) is 0 Å². The second-order valence-corrected chi connectivity index (χ2v) is 3.35. The Labute approximate surface area is 87.0 Å². The molecule has 13 heavy (non-hydrogen) atoms. The van der Waals surface area contributed by atoms with Crippen LogP contribution >= 0.6 is 12.2 Å². The Morgan fingerprint density at radius 1 is 1.38 bits per heavy atom. The van der Waals surface area contributed by atoms with E-state index in [-0.39, 0.29) is 0 Å². The maximum atomic E-state index is 5.24. The fourth-order valence-electron chi connectivity index (χ4n) is 1.13. The van der Waals surface area contributed by atoms with E-state index in [1.54, 1.807) is 0 Å². The third-order valence-corrected chi connectivity index (χ3v) is 2.07. The normalized spacial score (nSPS) is 9.38. The first kappa shape index (κ1) is 12.4. The Morgan fingerprint density at radius 3 is 2.31 bits per heavy atom. The van der Waals surface area contributed by atoms with Crippen molar-refractivity contribution in [3.8, 4) is 0 Å². The smallest absolute Gasteiger partial charge is 0.169 e. The van der Waals surface area contributed by atoms with Gasteiger partial charge in [-0.25, -0.2) is 0 Å². The summed E-state index contributed by atoms with van der Waals surface area (Å²) in [5, 5.41) is 3.99. The van der Waals surface area contributed by atoms with Gasteiger partial charge < -0.3 is 10.2 Å². The van der Waals surface area contributed by atoms with Crippen LogP contribution in [0.4, 0.5) is 0 Å². The molecule has 0 aromatic rings. The van der Waals surface area contributed by atoms with Crippen LogP contribution in [0.5, 0.6) is 0 Å². The highest BCUT2D eigenvalue weighted by molar-refractivity contribution is 7.80. The second kappa shape index (κ2) is 8.05. The van der Waals surface area contributed by atoms with Gasteiger partial charge in [0.1, 0.15) is 0 Å². The Morgan fingerprint density at radius 2 is 1.92 bits per heavy atom. The number of nitrogens with one attached hydrogen (secondary N) is 1. The van der Waals surface area contributed by atoms with Crippen molar-refractivity contribution in [3.05, 3.63) is 12.7 Å². The molecule has 0 spiro atoms. The molecule has 0 rings (SSSR count). The molecule has 0 aromatic carbocycles. The maximum absolute atomic E-state index is 5.24. The number of thiocarbonyl (C=S) groups is 1. The predicted molar refractivity (Wildman–Crippen MR) is 63.0 cm³/mol. The summed E-state index contributed by atoms with van der Waals surface area (Å²) in [7, 11) is 0. The predicted octanol–water partition coefficient (Wildman–Crippen LogP) is 2.17. The van der Waals surface area contributed by atoms with E-state index >= 15 is 0 Å². The molecular formula is C10H20N2S. The quantitative estimate of drug-likeness (QED) is 0.522. The minimum atomic E-state index is 0.753. The average Bonchev–Trinajstić information content (AvgIpc) is 2.14. The van der Waals surface area contributed by atoms with Crippen LogP contribution in [0.25, 0.3) is 0 Å². The van der Waals surface area contributed by atoms with Crippen LogP contribution < -0.4 is 5.32 Å². The Balaban J connectivity index is 3.86. The van der Waals surface area contributed by atoms with Gasteiger partial charge in [-0.2, -0.15) is 0 Å². The van der Waals surface area contributed by atoms with Crippen molar-refractivity contribution in [2.45, 2.75) is 26.7 Å². The lowest BCUT2D eigenvalue weighted by molar-refractivity contribution is 0.412. The highest BCUT2D eigenvalue weighted by Gasteiger charge is 2.05. The lowest BCUT2D eigenvalue weighted by Crippen LogP contribution is -2.40. The molecule has 2 nitrogen and oxygen atoms in total. The van der Waals surface area contributed by atoms with Gasteiger partial charge in [-0.15, -0.1) is 6.58 Å². The molecule has 0 unspecified atom stereocenters. The van der Waals surface area contributed by atoms with Crippen molar-refractivity contribution in [1.82, 2.24) is 10.2 Å². The summed E-state index contributed by atoms with van der Waals surface area (Å²) in [6, 6.07) is 0. The first-order chi connectivity index (χ1) is 6.26. The van der Waals surface area contributed by atoms with E-state index < -0.39 is 0 Å². The van der Waals surface area contributed by atoms with Crippen LogP contribution in [0.3, 0.4) is 0 Å². The monoisotopic (exact) mass is 200 g/mol. The third-order valence-electron chi connectivity index (χ3n) is 1.67. The molecule has 76 valence electrons. The zero-order chi connectivity index (χ0) is 10.1. The third kappa shape index (κ3) is 5.64. The van der Waals surface area contributed by atoms with Crippen molar-refractivity contribution in [2.75, 3.05) is 19.6 Å². The summed E-state index contributed by atoms with van der Waals surface area (Å²) in [5.41, 5.74) is 0. The molecule has 0 aliphatic heterocycles. The summed E-state index contributed by atoms with van der Waals surface area (Å²) in [5.74, 6) is 0. The van der Waals surface area contributed by atoms with Crippen LogP contribution in [-0.4, -0.2) is 29.6 Å². The van der Waals surface area contributed by atoms with Gasteiger partial charge in [0.25, 0.3) is 0 Å². The molecule has 0 heterocycles. The van der Waals surface area contributed by atoms with Gasteiger partial charge in [0.15, 0.2) is 5.11 Å². The fraction of sp³-hybridized carbons (Fsp3) is 0.700. The highest BCUT2D eigenvalue weighted by Crippen LogP contribution is 1.95. The molecule has 0 saturated heterocycles. The lowest BCUT2D eigenvalue weighted by Gasteiger charge is -2.24. The zero-order valence-corrected chi connectivity index (χ0v) is 9.49. The minimum Gasteiger partial charge on any atom is -0.359 e. The van der Waals surface area contributed by atoms with E-state index in [1.165, 1.54) is 0 Å². The highest BCUT2D eigenvalue weighted by atomic mass is 32.1. The molecule has 0 aromatic heterocycles. The van der Waals surface area contributed by atoms with E-state index in [0.29, 0.717) is 0 Å². The van der Waals surface area contributed by atoms with Crippen LogP contribution in [0.15, 0.2) is 12.7 Å². The SMILES string of the molecule is C=CCNC(=S)N(CCC)CCC. The fourth-order valence-corrected chi connectivity index (χ4v) is 1.39. The lowest BCUT2D eigenvalue weighted by atomic mass is 10.4. The summed E-state index contributed by atoms with van der Waals surface area (Å²) >= 11 is 5.24. The van der Waals surface area contributed by atoms with E-state index in [9.17, 15) is 0 Å². The molecule has 0 saturated carbocycles. The molecule has 3 heteroatoms. The number of hydrogen-bond acceptors (Lipinski definition) is 1. The topological polar surface area (TPSA) is 15.3 Å². The van der Waals surface area contributed by atoms with Gasteiger partial charge in [0.2, 0.25) is 0 Å². The summed E-state index contributed by atoms with van der Waals surface area (Å²) in [6.45, 7) is 10.8. The van der Waals surface area contributed by atoms with Gasteiger partial charge in [0, 0.05) is 19.6 Å². The van der Waals surface area contributed by atoms with Crippen LogP contribution in [0.1, 0.15) is 26.7 Å². The van der Waals surface area contributed by atoms with E-state index in [1.807, 2.05) is 6.08 Å². The van der Waals surface area contributed by atoms with Crippen LogP contribution in [0.2, 0.25) is 0 Å².